The first kappa shape index (κ1) is 25.8. The molecule has 0 radical (unpaired) electrons. The van der Waals surface area contributed by atoms with Crippen LogP contribution in [0, 0.1) is 0 Å². The van der Waals surface area contributed by atoms with Crippen molar-refractivity contribution in [3.8, 4) is 11.5 Å². The number of carboxylic acid groups (broad SMARTS) is 1. The molecule has 5 nitrogen and oxygen atoms in total. The zero-order chi connectivity index (χ0) is 22.2. The Balaban J connectivity index is 0.00000363. The van der Waals surface area contributed by atoms with Crippen molar-refractivity contribution < 1.29 is 19.4 Å². The van der Waals surface area contributed by atoms with E-state index in [-0.39, 0.29) is 18.0 Å². The molecule has 0 aliphatic carbocycles. The van der Waals surface area contributed by atoms with Crippen LogP contribution in [0.25, 0.3) is 0 Å². The smallest absolute Gasteiger partial charge is 0.335 e. The van der Waals surface area contributed by atoms with E-state index in [1.54, 1.807) is 24.3 Å². The minimum absolute atomic E-state index is 0. The molecule has 2 N–H and O–H groups in total. The van der Waals surface area contributed by atoms with Crippen molar-refractivity contribution in [2.24, 2.45) is 0 Å². The van der Waals surface area contributed by atoms with Crippen LogP contribution in [0.2, 0.25) is 10.0 Å². The van der Waals surface area contributed by atoms with Crippen LogP contribution in [0.4, 0.5) is 0 Å². The zero-order valence-corrected chi connectivity index (χ0v) is 19.8. The van der Waals surface area contributed by atoms with Crippen LogP contribution in [-0.4, -0.2) is 17.7 Å². The Morgan fingerprint density at radius 2 is 1.53 bits per heavy atom. The largest absolute Gasteiger partial charge is 0.490 e. The maximum Gasteiger partial charge on any atom is 0.335 e. The molecule has 0 bridgehead atoms. The third kappa shape index (κ3) is 7.31. The minimum atomic E-state index is -0.934. The van der Waals surface area contributed by atoms with Gasteiger partial charge in [0.1, 0.15) is 6.61 Å². The summed E-state index contributed by atoms with van der Waals surface area (Å²) >= 11 is 12.4. The normalized spacial score (nSPS) is 10.3. The Morgan fingerprint density at radius 1 is 0.906 bits per heavy atom. The molecule has 32 heavy (non-hydrogen) atoms. The molecule has 3 aromatic rings. The van der Waals surface area contributed by atoms with Gasteiger partial charge in [-0.1, -0.05) is 47.5 Å². The third-order valence-corrected chi connectivity index (χ3v) is 5.06. The molecule has 0 heterocycles. The van der Waals surface area contributed by atoms with Gasteiger partial charge in [-0.25, -0.2) is 4.79 Å². The van der Waals surface area contributed by atoms with Gasteiger partial charge in [0.2, 0.25) is 0 Å². The highest BCUT2D eigenvalue weighted by Gasteiger charge is 2.13. The van der Waals surface area contributed by atoms with Crippen molar-refractivity contribution in [1.29, 1.82) is 0 Å². The van der Waals surface area contributed by atoms with Gasteiger partial charge in [-0.2, -0.15) is 0 Å². The number of benzene rings is 3. The van der Waals surface area contributed by atoms with Gasteiger partial charge >= 0.3 is 5.97 Å². The van der Waals surface area contributed by atoms with Gasteiger partial charge in [0.05, 0.1) is 17.2 Å². The molecule has 170 valence electrons. The number of rotatable bonds is 10. The first-order valence-corrected chi connectivity index (χ1v) is 10.6. The van der Waals surface area contributed by atoms with Gasteiger partial charge in [0.25, 0.3) is 0 Å². The molecule has 8 heteroatoms. The Labute approximate surface area is 203 Å². The number of halogens is 3. The van der Waals surface area contributed by atoms with Crippen molar-refractivity contribution >= 4 is 41.6 Å². The number of nitrogens with one attached hydrogen (secondary N) is 1. The average molecular weight is 497 g/mol. The van der Waals surface area contributed by atoms with Crippen LogP contribution < -0.4 is 14.8 Å². The summed E-state index contributed by atoms with van der Waals surface area (Å²) < 4.78 is 11.7. The fourth-order valence-corrected chi connectivity index (χ4v) is 3.39. The van der Waals surface area contributed by atoms with E-state index >= 15 is 0 Å². The van der Waals surface area contributed by atoms with E-state index in [9.17, 15) is 4.79 Å². The summed E-state index contributed by atoms with van der Waals surface area (Å²) in [4.78, 5) is 10.9. The Kier molecular flexibility index (Phi) is 10.1. The number of aromatic carboxylic acids is 1. The quantitative estimate of drug-likeness (QED) is 0.341. The fraction of sp³-hybridized carbons (Fsp3) is 0.208. The van der Waals surface area contributed by atoms with Gasteiger partial charge in [-0.3, -0.25) is 0 Å². The molecule has 0 atom stereocenters. The summed E-state index contributed by atoms with van der Waals surface area (Å²) in [6.07, 6.45) is 0. The lowest BCUT2D eigenvalue weighted by Gasteiger charge is -2.16. The van der Waals surface area contributed by atoms with Gasteiger partial charge in [0, 0.05) is 18.1 Å². The number of ether oxygens (including phenoxy) is 2. The summed E-state index contributed by atoms with van der Waals surface area (Å²) in [5.41, 5.74) is 3.19. The molecule has 0 fully saturated rings. The molecule has 0 unspecified atom stereocenters. The maximum absolute atomic E-state index is 10.9. The SMILES string of the molecule is CCOc1cc(CNCc2ccc(C(=O)O)cc2)cc(Cl)c1OCc1ccc(Cl)cc1.Cl. The number of carbonyl (C=O) groups is 1. The average Bonchev–Trinajstić information content (AvgIpc) is 2.75. The van der Waals surface area contributed by atoms with Gasteiger partial charge in [-0.05, 0) is 60.0 Å². The van der Waals surface area contributed by atoms with Crippen LogP contribution in [0.5, 0.6) is 11.5 Å². The first-order chi connectivity index (χ1) is 15.0. The maximum atomic E-state index is 10.9. The molecule has 0 amide bonds. The fourth-order valence-electron chi connectivity index (χ4n) is 2.98. The topological polar surface area (TPSA) is 67.8 Å². The van der Waals surface area contributed by atoms with Gasteiger partial charge in [-0.15, -0.1) is 12.4 Å². The molecule has 0 saturated carbocycles. The number of hydrogen-bond donors (Lipinski definition) is 2. The molecule has 0 aromatic heterocycles. The highest BCUT2D eigenvalue weighted by molar-refractivity contribution is 6.32. The number of hydrogen-bond acceptors (Lipinski definition) is 4. The van der Waals surface area contributed by atoms with E-state index < -0.39 is 5.97 Å². The lowest BCUT2D eigenvalue weighted by Crippen LogP contribution is -2.13. The standard InChI is InChI=1S/C24H23Cl2NO4.ClH/c1-2-30-22-12-18(14-27-13-16-3-7-19(8-4-16)24(28)29)11-21(26)23(22)31-15-17-5-9-20(25)10-6-17;/h3-12,27H,2,13-15H2,1H3,(H,28,29);1H. The van der Waals surface area contributed by atoms with Crippen LogP contribution in [0.15, 0.2) is 60.7 Å². The Bertz CT molecular complexity index is 1020. The van der Waals surface area contributed by atoms with Crippen LogP contribution in [-0.2, 0) is 19.7 Å². The number of carboxylic acids is 1. The summed E-state index contributed by atoms with van der Waals surface area (Å²) in [5.74, 6) is 0.161. The molecule has 0 saturated heterocycles. The second-order valence-corrected chi connectivity index (χ2v) is 7.70. The molecule has 3 rings (SSSR count). The lowest BCUT2D eigenvalue weighted by molar-refractivity contribution is 0.0697. The van der Waals surface area contributed by atoms with Crippen LogP contribution >= 0.6 is 35.6 Å². The molecule has 3 aromatic carbocycles. The monoisotopic (exact) mass is 495 g/mol. The van der Waals surface area contributed by atoms with E-state index in [1.165, 1.54) is 0 Å². The Hall–Kier alpha value is -2.44. The zero-order valence-electron chi connectivity index (χ0n) is 17.4. The van der Waals surface area contributed by atoms with Crippen LogP contribution in [0.3, 0.4) is 0 Å². The van der Waals surface area contributed by atoms with Crippen molar-refractivity contribution in [1.82, 2.24) is 5.32 Å². The lowest BCUT2D eigenvalue weighted by atomic mass is 10.1. The molecule has 0 aliphatic rings. The molecule has 0 spiro atoms. The minimum Gasteiger partial charge on any atom is -0.490 e. The first-order valence-electron chi connectivity index (χ1n) is 9.81. The highest BCUT2D eigenvalue weighted by atomic mass is 35.5. The van der Waals surface area contributed by atoms with Crippen molar-refractivity contribution in [3.05, 3.63) is 93.0 Å². The van der Waals surface area contributed by atoms with E-state index in [4.69, 9.17) is 37.8 Å². The summed E-state index contributed by atoms with van der Waals surface area (Å²) in [5, 5.41) is 13.5. The van der Waals surface area contributed by atoms with Gasteiger partial charge < -0.3 is 19.9 Å². The summed E-state index contributed by atoms with van der Waals surface area (Å²) in [6, 6.07) is 18.0. The molecule has 0 aliphatic heterocycles. The molecular formula is C24H24Cl3NO4. The highest BCUT2D eigenvalue weighted by Crippen LogP contribution is 2.37. The predicted molar refractivity (Wildman–Crippen MR) is 130 cm³/mol. The second-order valence-electron chi connectivity index (χ2n) is 6.86. The van der Waals surface area contributed by atoms with Crippen molar-refractivity contribution in [2.45, 2.75) is 26.6 Å². The molecular weight excluding hydrogens is 473 g/mol. The van der Waals surface area contributed by atoms with Gasteiger partial charge in [0.15, 0.2) is 11.5 Å². The summed E-state index contributed by atoms with van der Waals surface area (Å²) in [6.45, 7) is 3.90. The summed E-state index contributed by atoms with van der Waals surface area (Å²) in [7, 11) is 0. The van der Waals surface area contributed by atoms with E-state index in [2.05, 4.69) is 5.32 Å². The van der Waals surface area contributed by atoms with E-state index in [1.807, 2.05) is 43.3 Å². The predicted octanol–water partition coefficient (Wildman–Crippen LogP) is 6.38. The Morgan fingerprint density at radius 3 is 2.16 bits per heavy atom. The van der Waals surface area contributed by atoms with Crippen molar-refractivity contribution in [3.63, 3.8) is 0 Å². The van der Waals surface area contributed by atoms with Crippen LogP contribution in [0.1, 0.15) is 34.0 Å². The van der Waals surface area contributed by atoms with Crippen molar-refractivity contribution in [2.75, 3.05) is 6.61 Å². The second kappa shape index (κ2) is 12.6. The van der Waals surface area contributed by atoms with E-state index in [0.29, 0.717) is 47.8 Å². The van der Waals surface area contributed by atoms with E-state index in [0.717, 1.165) is 16.7 Å². The third-order valence-electron chi connectivity index (χ3n) is 4.52.